The third-order valence-electron chi connectivity index (χ3n) is 4.89. The average Bonchev–Trinajstić information content (AvgIpc) is 2.90. The van der Waals surface area contributed by atoms with Crippen molar-refractivity contribution in [2.75, 3.05) is 18.0 Å². The molecule has 1 aliphatic carbocycles. The van der Waals surface area contributed by atoms with E-state index in [4.69, 9.17) is 23.2 Å². The molecule has 1 N–H and O–H groups in total. The van der Waals surface area contributed by atoms with Crippen LogP contribution in [0.5, 0.6) is 0 Å². The molecule has 1 atom stereocenters. The lowest BCUT2D eigenvalue weighted by Crippen LogP contribution is -2.63. The van der Waals surface area contributed by atoms with E-state index in [1.165, 1.54) is 31.4 Å². The SMILES string of the molecule is CCC1CNC2(CCCC2)CN1c1ccc(Cl)c(Cl)c1. The zero-order chi connectivity index (χ0) is 14.2. The number of benzene rings is 1. The summed E-state index contributed by atoms with van der Waals surface area (Å²) in [5, 5.41) is 5.10. The van der Waals surface area contributed by atoms with Crippen LogP contribution in [0.1, 0.15) is 39.0 Å². The van der Waals surface area contributed by atoms with Crippen molar-refractivity contribution < 1.29 is 0 Å². The molecule has 2 fully saturated rings. The van der Waals surface area contributed by atoms with Crippen LogP contribution in [0.15, 0.2) is 18.2 Å². The topological polar surface area (TPSA) is 15.3 Å². The molecule has 110 valence electrons. The van der Waals surface area contributed by atoms with E-state index < -0.39 is 0 Å². The van der Waals surface area contributed by atoms with Gasteiger partial charge in [-0.1, -0.05) is 43.0 Å². The molecular formula is C16H22Cl2N2. The quantitative estimate of drug-likeness (QED) is 0.865. The summed E-state index contributed by atoms with van der Waals surface area (Å²) in [5.41, 5.74) is 1.52. The van der Waals surface area contributed by atoms with E-state index in [1.807, 2.05) is 12.1 Å². The van der Waals surface area contributed by atoms with Gasteiger partial charge in [0, 0.05) is 30.4 Å². The van der Waals surface area contributed by atoms with Crippen molar-refractivity contribution in [1.82, 2.24) is 5.32 Å². The van der Waals surface area contributed by atoms with E-state index in [0.717, 1.165) is 19.5 Å². The molecule has 2 aliphatic rings. The highest BCUT2D eigenvalue weighted by atomic mass is 35.5. The van der Waals surface area contributed by atoms with Crippen molar-refractivity contribution in [3.05, 3.63) is 28.2 Å². The highest BCUT2D eigenvalue weighted by Gasteiger charge is 2.40. The van der Waals surface area contributed by atoms with Gasteiger partial charge in [-0.15, -0.1) is 0 Å². The van der Waals surface area contributed by atoms with Crippen LogP contribution in [0.4, 0.5) is 5.69 Å². The van der Waals surface area contributed by atoms with Gasteiger partial charge >= 0.3 is 0 Å². The summed E-state index contributed by atoms with van der Waals surface area (Å²) in [5.74, 6) is 0. The maximum absolute atomic E-state index is 6.20. The minimum absolute atomic E-state index is 0.317. The summed E-state index contributed by atoms with van der Waals surface area (Å²) in [7, 11) is 0. The highest BCUT2D eigenvalue weighted by Crippen LogP contribution is 2.37. The lowest BCUT2D eigenvalue weighted by molar-refractivity contribution is 0.267. The van der Waals surface area contributed by atoms with Crippen LogP contribution in [-0.4, -0.2) is 24.7 Å². The second-order valence-corrected chi connectivity index (χ2v) is 6.97. The average molecular weight is 313 g/mol. The van der Waals surface area contributed by atoms with Crippen LogP contribution in [-0.2, 0) is 0 Å². The van der Waals surface area contributed by atoms with Gasteiger partial charge in [-0.2, -0.15) is 0 Å². The minimum Gasteiger partial charge on any atom is -0.365 e. The van der Waals surface area contributed by atoms with Crippen molar-refractivity contribution in [2.24, 2.45) is 0 Å². The fraction of sp³-hybridized carbons (Fsp3) is 0.625. The molecule has 1 aliphatic heterocycles. The Hall–Kier alpha value is -0.440. The predicted molar refractivity (Wildman–Crippen MR) is 87.1 cm³/mol. The van der Waals surface area contributed by atoms with Gasteiger partial charge in [0.25, 0.3) is 0 Å². The number of piperazine rings is 1. The highest BCUT2D eigenvalue weighted by molar-refractivity contribution is 6.42. The van der Waals surface area contributed by atoms with Crippen molar-refractivity contribution in [3.63, 3.8) is 0 Å². The smallest absolute Gasteiger partial charge is 0.0612 e. The monoisotopic (exact) mass is 312 g/mol. The van der Waals surface area contributed by atoms with Crippen LogP contribution in [0.25, 0.3) is 0 Å². The van der Waals surface area contributed by atoms with Crippen LogP contribution in [0.2, 0.25) is 10.0 Å². The summed E-state index contributed by atoms with van der Waals surface area (Å²) >= 11 is 12.2. The Morgan fingerprint density at radius 1 is 1.25 bits per heavy atom. The molecule has 0 radical (unpaired) electrons. The number of hydrogen-bond donors (Lipinski definition) is 1. The molecule has 0 aromatic heterocycles. The predicted octanol–water partition coefficient (Wildman–Crippen LogP) is 4.49. The number of nitrogens with zero attached hydrogens (tertiary/aromatic N) is 1. The van der Waals surface area contributed by atoms with E-state index in [0.29, 0.717) is 21.6 Å². The fourth-order valence-electron chi connectivity index (χ4n) is 3.67. The first-order valence-electron chi connectivity index (χ1n) is 7.60. The molecule has 3 rings (SSSR count). The van der Waals surface area contributed by atoms with E-state index in [1.54, 1.807) is 0 Å². The first-order valence-corrected chi connectivity index (χ1v) is 8.36. The molecule has 0 bridgehead atoms. The third kappa shape index (κ3) is 2.66. The molecule has 1 heterocycles. The summed E-state index contributed by atoms with van der Waals surface area (Å²) < 4.78 is 0. The normalized spacial score (nSPS) is 25.4. The Kier molecular flexibility index (Phi) is 4.16. The third-order valence-corrected chi connectivity index (χ3v) is 5.63. The zero-order valence-electron chi connectivity index (χ0n) is 12.0. The lowest BCUT2D eigenvalue weighted by Gasteiger charge is -2.47. The van der Waals surface area contributed by atoms with Gasteiger partial charge in [0.05, 0.1) is 10.0 Å². The maximum atomic E-state index is 6.20. The lowest BCUT2D eigenvalue weighted by atomic mass is 9.91. The number of hydrogen-bond acceptors (Lipinski definition) is 2. The minimum atomic E-state index is 0.317. The summed E-state index contributed by atoms with van der Waals surface area (Å²) in [6, 6.07) is 6.57. The second kappa shape index (κ2) is 5.75. The molecule has 0 amide bonds. The van der Waals surface area contributed by atoms with E-state index in [2.05, 4.69) is 23.2 Å². The summed E-state index contributed by atoms with van der Waals surface area (Å²) in [6.07, 6.45) is 6.42. The molecule has 1 aromatic carbocycles. The van der Waals surface area contributed by atoms with Crippen LogP contribution in [0, 0.1) is 0 Å². The van der Waals surface area contributed by atoms with Gasteiger partial charge in [0.2, 0.25) is 0 Å². The molecule has 2 nitrogen and oxygen atoms in total. The van der Waals surface area contributed by atoms with Crippen LogP contribution < -0.4 is 10.2 Å². The van der Waals surface area contributed by atoms with Crippen LogP contribution >= 0.6 is 23.2 Å². The molecule has 1 unspecified atom stereocenters. The first kappa shape index (κ1) is 14.5. The fourth-order valence-corrected chi connectivity index (χ4v) is 3.97. The molecule has 1 spiro atoms. The maximum Gasteiger partial charge on any atom is 0.0612 e. The molecule has 20 heavy (non-hydrogen) atoms. The van der Waals surface area contributed by atoms with Gasteiger partial charge in [-0.25, -0.2) is 0 Å². The largest absolute Gasteiger partial charge is 0.365 e. The molecule has 1 saturated carbocycles. The Morgan fingerprint density at radius 3 is 2.65 bits per heavy atom. The summed E-state index contributed by atoms with van der Waals surface area (Å²) in [6.45, 7) is 4.41. The zero-order valence-corrected chi connectivity index (χ0v) is 13.5. The number of anilines is 1. The van der Waals surface area contributed by atoms with Gasteiger partial charge in [0.15, 0.2) is 0 Å². The molecule has 1 aromatic rings. The van der Waals surface area contributed by atoms with E-state index in [9.17, 15) is 0 Å². The molecule has 4 heteroatoms. The van der Waals surface area contributed by atoms with Gasteiger partial charge < -0.3 is 10.2 Å². The van der Waals surface area contributed by atoms with E-state index in [-0.39, 0.29) is 0 Å². The van der Waals surface area contributed by atoms with Crippen molar-refractivity contribution >= 4 is 28.9 Å². The number of nitrogens with one attached hydrogen (secondary N) is 1. The number of rotatable bonds is 2. The summed E-state index contributed by atoms with van der Waals surface area (Å²) in [4.78, 5) is 2.53. The van der Waals surface area contributed by atoms with Crippen molar-refractivity contribution in [1.29, 1.82) is 0 Å². The molecule has 1 saturated heterocycles. The van der Waals surface area contributed by atoms with Crippen LogP contribution in [0.3, 0.4) is 0 Å². The Balaban J connectivity index is 1.88. The van der Waals surface area contributed by atoms with Crippen molar-refractivity contribution in [2.45, 2.75) is 50.6 Å². The van der Waals surface area contributed by atoms with Gasteiger partial charge in [-0.05, 0) is 37.5 Å². The Labute approximate surface area is 131 Å². The first-order chi connectivity index (χ1) is 9.63. The Morgan fingerprint density at radius 2 is 2.00 bits per heavy atom. The second-order valence-electron chi connectivity index (χ2n) is 6.16. The van der Waals surface area contributed by atoms with E-state index >= 15 is 0 Å². The van der Waals surface area contributed by atoms with Crippen molar-refractivity contribution in [3.8, 4) is 0 Å². The number of halogens is 2. The Bertz CT molecular complexity index is 483. The van der Waals surface area contributed by atoms with Gasteiger partial charge in [0.1, 0.15) is 0 Å². The standard InChI is InChI=1S/C16H22Cl2N2/c1-2-12-10-19-16(7-3-4-8-16)11-20(12)13-5-6-14(17)15(18)9-13/h5-6,9,12,19H,2-4,7-8,10-11H2,1H3. The molecular weight excluding hydrogens is 291 g/mol. The van der Waals surface area contributed by atoms with Gasteiger partial charge in [-0.3, -0.25) is 0 Å².